The number of carbonyl (C=O) groups is 2. The van der Waals surface area contributed by atoms with Gasteiger partial charge in [-0.05, 0) is 73.2 Å². The van der Waals surface area contributed by atoms with E-state index in [9.17, 15) is 14.7 Å². The molecule has 0 aliphatic carbocycles. The van der Waals surface area contributed by atoms with E-state index in [1.54, 1.807) is 42.5 Å². The molecule has 3 aromatic carbocycles. The number of benzene rings is 3. The monoisotopic (exact) mass is 374 g/mol. The van der Waals surface area contributed by atoms with Crippen LogP contribution in [0.4, 0.5) is 0 Å². The van der Waals surface area contributed by atoms with Gasteiger partial charge in [-0.1, -0.05) is 17.7 Å². The molecule has 6 nitrogen and oxygen atoms in total. The highest BCUT2D eigenvalue weighted by Gasteiger charge is 2.08. The Morgan fingerprint density at radius 3 is 2.36 bits per heavy atom. The van der Waals surface area contributed by atoms with Gasteiger partial charge in [-0.25, -0.2) is 10.2 Å². The number of phenolic OH excluding ortho intramolecular Hbond substituents is 1. The van der Waals surface area contributed by atoms with E-state index < -0.39 is 5.97 Å². The lowest BCUT2D eigenvalue weighted by Gasteiger charge is -2.05. The number of hydrogen-bond donors (Lipinski definition) is 2. The van der Waals surface area contributed by atoms with Gasteiger partial charge in [-0.2, -0.15) is 5.10 Å². The van der Waals surface area contributed by atoms with E-state index in [0.29, 0.717) is 16.9 Å². The molecule has 0 bridgehead atoms. The summed E-state index contributed by atoms with van der Waals surface area (Å²) in [6.07, 6.45) is 1.48. The number of esters is 1. The number of aromatic hydroxyl groups is 1. The normalized spacial score (nSPS) is 10.6. The Morgan fingerprint density at radius 1 is 0.964 bits per heavy atom. The molecule has 3 rings (SSSR count). The number of nitrogens with zero attached hydrogens (tertiary/aromatic N) is 1. The summed E-state index contributed by atoms with van der Waals surface area (Å²) in [7, 11) is 0. The van der Waals surface area contributed by atoms with Gasteiger partial charge in [0.25, 0.3) is 5.91 Å². The van der Waals surface area contributed by atoms with Gasteiger partial charge in [0.05, 0.1) is 11.8 Å². The number of rotatable bonds is 5. The zero-order valence-electron chi connectivity index (χ0n) is 15.1. The number of ether oxygens (including phenoxy) is 1. The van der Waals surface area contributed by atoms with Crippen LogP contribution >= 0.6 is 0 Å². The second-order valence-corrected chi connectivity index (χ2v) is 6.07. The van der Waals surface area contributed by atoms with Gasteiger partial charge in [0.15, 0.2) is 0 Å². The molecule has 1 amide bonds. The average Bonchev–Trinajstić information content (AvgIpc) is 2.69. The maximum Gasteiger partial charge on any atom is 0.343 e. The minimum Gasteiger partial charge on any atom is -0.508 e. The Hall–Kier alpha value is -3.93. The highest BCUT2D eigenvalue weighted by molar-refractivity contribution is 5.95. The van der Waals surface area contributed by atoms with Crippen LogP contribution in [0.2, 0.25) is 0 Å². The Kier molecular flexibility index (Phi) is 5.81. The molecule has 2 N–H and O–H groups in total. The Morgan fingerprint density at radius 2 is 1.68 bits per heavy atom. The molecule has 0 atom stereocenters. The number of nitrogens with one attached hydrogen (secondary N) is 1. The molecule has 0 spiro atoms. The smallest absolute Gasteiger partial charge is 0.343 e. The number of hydrogen-bond acceptors (Lipinski definition) is 5. The number of aryl methyl sites for hydroxylation is 1. The van der Waals surface area contributed by atoms with Crippen molar-refractivity contribution in [3.8, 4) is 11.5 Å². The molecule has 0 radical (unpaired) electrons. The van der Waals surface area contributed by atoms with Crippen molar-refractivity contribution in [1.82, 2.24) is 5.43 Å². The second kappa shape index (κ2) is 8.64. The standard InChI is InChI=1S/C22H18N2O4/c1-15-3-2-4-18(13-15)22(27)28-20-11-5-16(6-12-20)14-23-24-21(26)17-7-9-19(25)10-8-17/h2-14,25H,1H3,(H,24,26). The lowest BCUT2D eigenvalue weighted by Crippen LogP contribution is -2.17. The fourth-order valence-electron chi connectivity index (χ4n) is 2.40. The zero-order chi connectivity index (χ0) is 19.9. The summed E-state index contributed by atoms with van der Waals surface area (Å²) in [5, 5.41) is 13.1. The van der Waals surface area contributed by atoms with Crippen LogP contribution in [-0.4, -0.2) is 23.2 Å². The molecular weight excluding hydrogens is 356 g/mol. The number of amides is 1. The van der Waals surface area contributed by atoms with Crippen molar-refractivity contribution in [3.05, 3.63) is 95.1 Å². The molecule has 0 saturated heterocycles. The zero-order valence-corrected chi connectivity index (χ0v) is 15.1. The van der Waals surface area contributed by atoms with E-state index in [4.69, 9.17) is 4.74 Å². The lowest BCUT2D eigenvalue weighted by molar-refractivity contribution is 0.0734. The summed E-state index contributed by atoms with van der Waals surface area (Å²) in [6, 6.07) is 19.8. The molecule has 0 aliphatic heterocycles. The fraction of sp³-hybridized carbons (Fsp3) is 0.0455. The SMILES string of the molecule is Cc1cccc(C(=O)Oc2ccc(C=NNC(=O)c3ccc(O)cc3)cc2)c1. The van der Waals surface area contributed by atoms with Crippen LogP contribution in [0.25, 0.3) is 0 Å². The van der Waals surface area contributed by atoms with E-state index in [0.717, 1.165) is 11.1 Å². The van der Waals surface area contributed by atoms with E-state index in [1.165, 1.54) is 30.5 Å². The number of hydrazone groups is 1. The van der Waals surface area contributed by atoms with Crippen molar-refractivity contribution in [1.29, 1.82) is 0 Å². The van der Waals surface area contributed by atoms with Crippen molar-refractivity contribution in [2.75, 3.05) is 0 Å². The predicted molar refractivity (Wildman–Crippen MR) is 106 cm³/mol. The van der Waals surface area contributed by atoms with Crippen molar-refractivity contribution < 1.29 is 19.4 Å². The first kappa shape index (κ1) is 18.8. The summed E-state index contributed by atoms with van der Waals surface area (Å²) in [6.45, 7) is 1.91. The quantitative estimate of drug-likeness (QED) is 0.309. The third kappa shape index (κ3) is 5.04. The molecular formula is C22H18N2O4. The van der Waals surface area contributed by atoms with Crippen LogP contribution in [0.15, 0.2) is 77.9 Å². The van der Waals surface area contributed by atoms with Crippen LogP contribution in [0.1, 0.15) is 31.8 Å². The van der Waals surface area contributed by atoms with Crippen molar-refractivity contribution in [2.45, 2.75) is 6.92 Å². The maximum atomic E-state index is 12.1. The van der Waals surface area contributed by atoms with E-state index in [2.05, 4.69) is 10.5 Å². The van der Waals surface area contributed by atoms with E-state index >= 15 is 0 Å². The molecule has 3 aromatic rings. The fourth-order valence-corrected chi connectivity index (χ4v) is 2.40. The summed E-state index contributed by atoms with van der Waals surface area (Å²) in [5.74, 6) is -0.314. The Balaban J connectivity index is 1.56. The van der Waals surface area contributed by atoms with Crippen LogP contribution in [-0.2, 0) is 0 Å². The first-order chi connectivity index (χ1) is 13.5. The van der Waals surface area contributed by atoms with E-state index in [1.807, 2.05) is 13.0 Å². The summed E-state index contributed by atoms with van der Waals surface area (Å²) >= 11 is 0. The second-order valence-electron chi connectivity index (χ2n) is 6.07. The van der Waals surface area contributed by atoms with Crippen molar-refractivity contribution in [2.24, 2.45) is 5.10 Å². The molecule has 0 fully saturated rings. The third-order valence-electron chi connectivity index (χ3n) is 3.85. The van der Waals surface area contributed by atoms with Crippen LogP contribution in [0, 0.1) is 6.92 Å². The first-order valence-corrected chi connectivity index (χ1v) is 8.52. The largest absolute Gasteiger partial charge is 0.508 e. The van der Waals surface area contributed by atoms with Gasteiger partial charge in [-0.15, -0.1) is 0 Å². The molecule has 0 heterocycles. The molecule has 0 saturated carbocycles. The molecule has 0 unspecified atom stereocenters. The first-order valence-electron chi connectivity index (χ1n) is 8.52. The summed E-state index contributed by atoms with van der Waals surface area (Å²) in [4.78, 5) is 24.1. The van der Waals surface area contributed by atoms with Gasteiger partial charge >= 0.3 is 5.97 Å². The Bertz CT molecular complexity index is 1010. The van der Waals surface area contributed by atoms with Crippen molar-refractivity contribution >= 4 is 18.1 Å². The van der Waals surface area contributed by atoms with Gasteiger partial charge in [0.2, 0.25) is 0 Å². The van der Waals surface area contributed by atoms with Crippen molar-refractivity contribution in [3.63, 3.8) is 0 Å². The van der Waals surface area contributed by atoms with Crippen LogP contribution < -0.4 is 10.2 Å². The van der Waals surface area contributed by atoms with Gasteiger partial charge < -0.3 is 9.84 Å². The minimum absolute atomic E-state index is 0.0863. The summed E-state index contributed by atoms with van der Waals surface area (Å²) in [5.41, 5.74) is 4.98. The molecule has 6 heteroatoms. The van der Waals surface area contributed by atoms with Gasteiger partial charge in [0.1, 0.15) is 11.5 Å². The minimum atomic E-state index is -0.425. The number of phenols is 1. The van der Waals surface area contributed by atoms with Crippen LogP contribution in [0.5, 0.6) is 11.5 Å². The lowest BCUT2D eigenvalue weighted by atomic mass is 10.1. The highest BCUT2D eigenvalue weighted by atomic mass is 16.5. The average molecular weight is 374 g/mol. The topological polar surface area (TPSA) is 88.0 Å². The Labute approximate surface area is 162 Å². The third-order valence-corrected chi connectivity index (χ3v) is 3.85. The van der Waals surface area contributed by atoms with Gasteiger partial charge in [0, 0.05) is 5.56 Å². The highest BCUT2D eigenvalue weighted by Crippen LogP contribution is 2.14. The number of carbonyl (C=O) groups excluding carboxylic acids is 2. The van der Waals surface area contributed by atoms with E-state index in [-0.39, 0.29) is 11.7 Å². The van der Waals surface area contributed by atoms with Crippen LogP contribution in [0.3, 0.4) is 0 Å². The summed E-state index contributed by atoms with van der Waals surface area (Å²) < 4.78 is 5.35. The molecule has 140 valence electrons. The molecule has 0 aliphatic rings. The molecule has 0 aromatic heterocycles. The van der Waals surface area contributed by atoms with Gasteiger partial charge in [-0.3, -0.25) is 4.79 Å². The maximum absolute atomic E-state index is 12.1. The predicted octanol–water partition coefficient (Wildman–Crippen LogP) is 3.68. The molecule has 28 heavy (non-hydrogen) atoms.